The van der Waals surface area contributed by atoms with Gasteiger partial charge in [-0.2, -0.15) is 0 Å². The molecule has 2 nitrogen and oxygen atoms in total. The maximum absolute atomic E-state index is 5.52. The van der Waals surface area contributed by atoms with E-state index in [9.17, 15) is 0 Å². The minimum Gasteiger partial charge on any atom is -0.392 e. The van der Waals surface area contributed by atoms with E-state index in [0.29, 0.717) is 11.0 Å². The van der Waals surface area contributed by atoms with E-state index >= 15 is 0 Å². The Kier molecular flexibility index (Phi) is 4.61. The topological polar surface area (TPSA) is 29.3 Å². The van der Waals surface area contributed by atoms with Crippen LogP contribution in [-0.4, -0.2) is 29.0 Å². The molecule has 3 heteroatoms. The fourth-order valence-electron chi connectivity index (χ4n) is 0.870. The fourth-order valence-corrected chi connectivity index (χ4v) is 1.04. The molecule has 2 atom stereocenters. The van der Waals surface area contributed by atoms with E-state index in [1.807, 2.05) is 6.92 Å². The van der Waals surface area contributed by atoms with Gasteiger partial charge in [-0.15, -0.1) is 0 Å². The Labute approximate surface area is 74.8 Å². The predicted octanol–water partition coefficient (Wildman–Crippen LogP) is 1.39. The first-order chi connectivity index (χ1) is 5.00. The van der Waals surface area contributed by atoms with Crippen LogP contribution in [0.1, 0.15) is 27.2 Å². The van der Waals surface area contributed by atoms with Gasteiger partial charge in [0.2, 0.25) is 0 Å². The van der Waals surface area contributed by atoms with Crippen LogP contribution in [0.5, 0.6) is 0 Å². The maximum Gasteiger partial charge on any atom is 0.0899 e. The number of rotatable bonds is 4. The summed E-state index contributed by atoms with van der Waals surface area (Å²) in [6, 6.07) is 0.756. The van der Waals surface area contributed by atoms with E-state index in [4.69, 9.17) is 18.0 Å². The Morgan fingerprint density at radius 3 is 2.27 bits per heavy atom. The van der Waals surface area contributed by atoms with Gasteiger partial charge in [-0.05, 0) is 27.3 Å². The van der Waals surface area contributed by atoms with Crippen LogP contribution in [0.2, 0.25) is 0 Å². The van der Waals surface area contributed by atoms with Gasteiger partial charge in [-0.1, -0.05) is 19.1 Å². The fraction of sp³-hybridized carbons (Fsp3) is 0.875. The molecular weight excluding hydrogens is 156 g/mol. The molecule has 0 spiro atoms. The molecule has 0 aromatic heterocycles. The largest absolute Gasteiger partial charge is 0.392 e. The molecular formula is C8H18N2S. The smallest absolute Gasteiger partial charge is 0.0899 e. The molecule has 11 heavy (non-hydrogen) atoms. The van der Waals surface area contributed by atoms with Gasteiger partial charge in [0.25, 0.3) is 0 Å². The van der Waals surface area contributed by atoms with E-state index in [2.05, 4.69) is 25.8 Å². The van der Waals surface area contributed by atoms with E-state index < -0.39 is 0 Å². The summed E-state index contributed by atoms with van der Waals surface area (Å²) in [5.74, 6) is 0. The number of thiocarbonyl (C=S) groups is 1. The molecule has 0 bridgehead atoms. The predicted molar refractivity (Wildman–Crippen MR) is 53.8 cm³/mol. The lowest BCUT2D eigenvalue weighted by atomic mass is 10.2. The van der Waals surface area contributed by atoms with Crippen LogP contribution in [0.4, 0.5) is 0 Å². The lowest BCUT2D eigenvalue weighted by Crippen LogP contribution is -2.43. The summed E-state index contributed by atoms with van der Waals surface area (Å²) in [6.07, 6.45) is 1.13. The highest BCUT2D eigenvalue weighted by Gasteiger charge is 2.15. The van der Waals surface area contributed by atoms with Crippen molar-refractivity contribution in [2.24, 2.45) is 5.73 Å². The van der Waals surface area contributed by atoms with E-state index in [1.165, 1.54) is 0 Å². The van der Waals surface area contributed by atoms with Crippen molar-refractivity contribution < 1.29 is 0 Å². The van der Waals surface area contributed by atoms with Gasteiger partial charge in [-0.3, -0.25) is 4.90 Å². The third kappa shape index (κ3) is 3.16. The molecule has 0 aromatic carbocycles. The molecule has 66 valence electrons. The van der Waals surface area contributed by atoms with Gasteiger partial charge in [0.15, 0.2) is 0 Å². The van der Waals surface area contributed by atoms with Crippen LogP contribution in [0.15, 0.2) is 0 Å². The number of nitrogens with two attached hydrogens (primary N) is 1. The standard InChI is InChI=1S/C8H18N2S/c1-5-6(2)10(4)7(3)8(9)11/h6-7H,5H2,1-4H3,(H2,9,11). The summed E-state index contributed by atoms with van der Waals surface area (Å²) in [6.45, 7) is 6.37. The second-order valence-electron chi connectivity index (χ2n) is 3.00. The van der Waals surface area contributed by atoms with Crippen molar-refractivity contribution in [3.8, 4) is 0 Å². The molecule has 0 aliphatic heterocycles. The van der Waals surface area contributed by atoms with E-state index in [1.54, 1.807) is 0 Å². The lowest BCUT2D eigenvalue weighted by molar-refractivity contribution is 0.233. The summed E-state index contributed by atoms with van der Waals surface area (Å²) >= 11 is 4.90. The van der Waals surface area contributed by atoms with E-state index in [0.717, 1.165) is 6.42 Å². The summed E-state index contributed by atoms with van der Waals surface area (Å²) < 4.78 is 0. The molecule has 0 aromatic rings. The molecule has 0 amide bonds. The first-order valence-corrected chi connectivity index (χ1v) is 4.42. The van der Waals surface area contributed by atoms with Gasteiger partial charge >= 0.3 is 0 Å². The van der Waals surface area contributed by atoms with Gasteiger partial charge in [0.05, 0.1) is 11.0 Å². The normalized spacial score (nSPS) is 16.5. The third-order valence-corrected chi connectivity index (χ3v) is 2.65. The minimum atomic E-state index is 0.208. The van der Waals surface area contributed by atoms with Gasteiger partial charge < -0.3 is 5.73 Å². The Morgan fingerprint density at radius 1 is 1.55 bits per heavy atom. The zero-order valence-corrected chi connectivity index (χ0v) is 8.61. The monoisotopic (exact) mass is 174 g/mol. The van der Waals surface area contributed by atoms with Crippen molar-refractivity contribution in [1.29, 1.82) is 0 Å². The first-order valence-electron chi connectivity index (χ1n) is 4.02. The van der Waals surface area contributed by atoms with E-state index in [-0.39, 0.29) is 6.04 Å². The second-order valence-corrected chi connectivity index (χ2v) is 3.47. The number of hydrogen-bond acceptors (Lipinski definition) is 2. The van der Waals surface area contributed by atoms with Gasteiger partial charge in [0, 0.05) is 6.04 Å². The molecule has 0 fully saturated rings. The Morgan fingerprint density at radius 2 is 2.00 bits per heavy atom. The van der Waals surface area contributed by atoms with Crippen molar-refractivity contribution >= 4 is 17.2 Å². The lowest BCUT2D eigenvalue weighted by Gasteiger charge is -2.29. The van der Waals surface area contributed by atoms with Gasteiger partial charge in [-0.25, -0.2) is 0 Å². The highest BCUT2D eigenvalue weighted by molar-refractivity contribution is 7.80. The third-order valence-electron chi connectivity index (χ3n) is 2.31. The van der Waals surface area contributed by atoms with Crippen molar-refractivity contribution in [2.75, 3.05) is 7.05 Å². The summed E-state index contributed by atoms with van der Waals surface area (Å²) in [7, 11) is 2.05. The quantitative estimate of drug-likeness (QED) is 0.653. The van der Waals surface area contributed by atoms with Crippen LogP contribution in [0.25, 0.3) is 0 Å². The number of hydrogen-bond donors (Lipinski definition) is 1. The van der Waals surface area contributed by atoms with Crippen LogP contribution >= 0.6 is 12.2 Å². The summed E-state index contributed by atoms with van der Waals surface area (Å²) in [5, 5.41) is 0. The van der Waals surface area contributed by atoms with Crippen LogP contribution in [0.3, 0.4) is 0 Å². The van der Waals surface area contributed by atoms with Crippen LogP contribution in [-0.2, 0) is 0 Å². The molecule has 0 aliphatic carbocycles. The molecule has 2 N–H and O–H groups in total. The van der Waals surface area contributed by atoms with Crippen molar-refractivity contribution in [3.05, 3.63) is 0 Å². The maximum atomic E-state index is 5.52. The number of nitrogens with zero attached hydrogens (tertiary/aromatic N) is 1. The van der Waals surface area contributed by atoms with Crippen molar-refractivity contribution in [1.82, 2.24) is 4.90 Å². The summed E-state index contributed by atoms with van der Waals surface area (Å²) in [4.78, 5) is 2.77. The minimum absolute atomic E-state index is 0.208. The van der Waals surface area contributed by atoms with Gasteiger partial charge in [0.1, 0.15) is 0 Å². The van der Waals surface area contributed by atoms with Crippen molar-refractivity contribution in [2.45, 2.75) is 39.3 Å². The highest BCUT2D eigenvalue weighted by Crippen LogP contribution is 2.05. The SMILES string of the molecule is CCC(C)N(C)C(C)C(N)=S. The molecule has 0 aliphatic rings. The molecule has 0 rings (SSSR count). The van der Waals surface area contributed by atoms with Crippen molar-refractivity contribution in [3.63, 3.8) is 0 Å². The summed E-state index contributed by atoms with van der Waals surface area (Å²) in [5.41, 5.74) is 5.52. The Bertz CT molecular complexity index is 136. The Hall–Kier alpha value is -0.150. The second kappa shape index (κ2) is 4.67. The average molecular weight is 174 g/mol. The molecule has 0 heterocycles. The molecule has 0 saturated heterocycles. The Balaban J connectivity index is 4.00. The first kappa shape index (κ1) is 10.8. The van der Waals surface area contributed by atoms with Crippen LogP contribution in [0, 0.1) is 0 Å². The highest BCUT2D eigenvalue weighted by atomic mass is 32.1. The molecule has 0 radical (unpaired) electrons. The average Bonchev–Trinajstić information content (AvgIpc) is 2.00. The molecule has 2 unspecified atom stereocenters. The molecule has 0 saturated carbocycles. The van der Waals surface area contributed by atoms with Crippen LogP contribution < -0.4 is 5.73 Å². The number of likely N-dealkylation sites (N-methyl/N-ethyl adjacent to an activating group) is 1. The zero-order chi connectivity index (χ0) is 9.02. The zero-order valence-electron chi connectivity index (χ0n) is 7.79.